The van der Waals surface area contributed by atoms with E-state index in [1.165, 1.54) is 5.56 Å². The number of guanidine groups is 1. The van der Waals surface area contributed by atoms with E-state index in [1.807, 2.05) is 17.9 Å². The molecule has 1 atom stereocenters. The highest BCUT2D eigenvalue weighted by Gasteiger charge is 2.27. The average Bonchev–Trinajstić information content (AvgIpc) is 3.34. The first-order valence-corrected chi connectivity index (χ1v) is 10.0. The summed E-state index contributed by atoms with van der Waals surface area (Å²) in [5.41, 5.74) is 1.27. The van der Waals surface area contributed by atoms with Gasteiger partial charge in [-0.1, -0.05) is 0 Å². The van der Waals surface area contributed by atoms with Crippen molar-refractivity contribution in [2.24, 2.45) is 12.0 Å². The van der Waals surface area contributed by atoms with Crippen molar-refractivity contribution in [2.45, 2.75) is 12.3 Å². The second-order valence-corrected chi connectivity index (χ2v) is 7.69. The van der Waals surface area contributed by atoms with Crippen LogP contribution in [-0.2, 0) is 16.6 Å². The van der Waals surface area contributed by atoms with Crippen LogP contribution in [0.1, 0.15) is 17.9 Å². The molecule has 164 valence electrons. The fourth-order valence-electron chi connectivity index (χ4n) is 3.58. The lowest BCUT2D eigenvalue weighted by Crippen LogP contribution is -2.45. The van der Waals surface area contributed by atoms with Gasteiger partial charge in [-0.3, -0.25) is 14.4 Å². The minimum atomic E-state index is 0. The molecule has 29 heavy (non-hydrogen) atoms. The number of rotatable bonds is 6. The maximum absolute atomic E-state index is 12.0. The number of carbonyl (C=O) groups is 1. The Morgan fingerprint density at radius 1 is 1.34 bits per heavy atom. The van der Waals surface area contributed by atoms with E-state index < -0.39 is 0 Å². The van der Waals surface area contributed by atoms with Gasteiger partial charge in [-0.25, -0.2) is 4.99 Å². The molecule has 0 radical (unpaired) electrons. The second-order valence-electron chi connectivity index (χ2n) is 7.69. The number of aryl methyl sites for hydroxylation is 1. The van der Waals surface area contributed by atoms with Crippen LogP contribution in [0.2, 0.25) is 0 Å². The van der Waals surface area contributed by atoms with Crippen LogP contribution in [0.3, 0.4) is 0 Å². The fraction of sp³-hybridized carbons (Fsp3) is 0.737. The maximum Gasteiger partial charge on any atom is 0.243 e. The molecule has 1 unspecified atom stereocenters. The van der Waals surface area contributed by atoms with Gasteiger partial charge >= 0.3 is 0 Å². The number of aromatic nitrogens is 2. The Morgan fingerprint density at radius 3 is 2.76 bits per heavy atom. The summed E-state index contributed by atoms with van der Waals surface area (Å²) in [4.78, 5) is 22.9. The first kappa shape index (κ1) is 23.9. The number of carbonyl (C=O) groups excluding carboxylic acids is 1. The molecule has 2 saturated heterocycles. The van der Waals surface area contributed by atoms with E-state index in [0.29, 0.717) is 5.92 Å². The molecule has 3 heterocycles. The number of hydrogen-bond acceptors (Lipinski definition) is 5. The lowest BCUT2D eigenvalue weighted by Gasteiger charge is -2.28. The van der Waals surface area contributed by atoms with Gasteiger partial charge in [0.05, 0.1) is 19.4 Å². The largest absolute Gasteiger partial charge is 0.379 e. The van der Waals surface area contributed by atoms with Gasteiger partial charge in [-0.15, -0.1) is 24.0 Å². The van der Waals surface area contributed by atoms with Gasteiger partial charge < -0.3 is 19.9 Å². The van der Waals surface area contributed by atoms with Crippen molar-refractivity contribution in [3.05, 3.63) is 18.0 Å². The van der Waals surface area contributed by atoms with Crippen molar-refractivity contribution in [3.63, 3.8) is 0 Å². The Labute approximate surface area is 190 Å². The van der Waals surface area contributed by atoms with Crippen LogP contribution in [-0.4, -0.2) is 109 Å². The Morgan fingerprint density at radius 2 is 2.10 bits per heavy atom. The Kier molecular flexibility index (Phi) is 9.63. The third-order valence-electron chi connectivity index (χ3n) is 5.36. The highest BCUT2D eigenvalue weighted by Crippen LogP contribution is 2.26. The predicted octanol–water partition coefficient (Wildman–Crippen LogP) is 0.193. The lowest BCUT2D eigenvalue weighted by atomic mass is 10.0. The number of likely N-dealkylation sites (tertiary alicyclic amines) is 1. The number of amides is 1. The monoisotopic (exact) mass is 519 g/mol. The van der Waals surface area contributed by atoms with Crippen LogP contribution in [0.25, 0.3) is 0 Å². The van der Waals surface area contributed by atoms with Crippen LogP contribution in [0.15, 0.2) is 17.4 Å². The number of halogens is 1. The normalized spacial score (nSPS) is 20.4. The highest BCUT2D eigenvalue weighted by atomic mass is 127. The van der Waals surface area contributed by atoms with Crippen LogP contribution >= 0.6 is 24.0 Å². The molecular weight excluding hydrogens is 485 g/mol. The molecule has 0 saturated carbocycles. The van der Waals surface area contributed by atoms with Crippen LogP contribution in [0, 0.1) is 0 Å². The number of ether oxygens (including phenoxy) is 1. The van der Waals surface area contributed by atoms with Crippen molar-refractivity contribution in [1.29, 1.82) is 0 Å². The molecule has 3 rings (SSSR count). The number of hydrogen-bond donors (Lipinski definition) is 1. The number of nitrogens with zero attached hydrogens (tertiary/aromatic N) is 6. The van der Waals surface area contributed by atoms with Gasteiger partial charge in [0.1, 0.15) is 6.54 Å². The van der Waals surface area contributed by atoms with Crippen LogP contribution < -0.4 is 5.32 Å². The summed E-state index contributed by atoms with van der Waals surface area (Å²) in [6, 6.07) is 0. The number of aliphatic imine (C=N–C) groups is 1. The first-order chi connectivity index (χ1) is 13.5. The Balaban J connectivity index is 0.00000300. The van der Waals surface area contributed by atoms with Crippen molar-refractivity contribution in [3.8, 4) is 0 Å². The van der Waals surface area contributed by atoms with E-state index in [-0.39, 0.29) is 36.4 Å². The SMILES string of the molecule is CN(C)C(=O)CN=C(NCCN1CCOCC1)N1CCC(c2cnn(C)c2)C1.I. The summed E-state index contributed by atoms with van der Waals surface area (Å²) >= 11 is 0. The topological polar surface area (TPSA) is 78.2 Å². The highest BCUT2D eigenvalue weighted by molar-refractivity contribution is 14.0. The molecule has 0 aromatic carbocycles. The smallest absolute Gasteiger partial charge is 0.243 e. The molecule has 0 aliphatic carbocycles. The zero-order valence-corrected chi connectivity index (χ0v) is 20.0. The molecule has 2 fully saturated rings. The van der Waals surface area contributed by atoms with Gasteiger partial charge in [0, 0.05) is 72.5 Å². The molecule has 10 heteroatoms. The third-order valence-corrected chi connectivity index (χ3v) is 5.36. The van der Waals surface area contributed by atoms with E-state index in [9.17, 15) is 4.79 Å². The lowest BCUT2D eigenvalue weighted by molar-refractivity contribution is -0.127. The van der Waals surface area contributed by atoms with E-state index in [1.54, 1.807) is 19.0 Å². The van der Waals surface area contributed by atoms with Gasteiger partial charge in [0.2, 0.25) is 5.91 Å². The van der Waals surface area contributed by atoms with Gasteiger partial charge in [-0.2, -0.15) is 5.10 Å². The molecule has 2 aliphatic heterocycles. The molecule has 1 amide bonds. The summed E-state index contributed by atoms with van der Waals surface area (Å²) in [6.45, 7) is 7.30. The third kappa shape index (κ3) is 7.10. The summed E-state index contributed by atoms with van der Waals surface area (Å²) in [5, 5.41) is 7.78. The molecule has 2 aliphatic rings. The van der Waals surface area contributed by atoms with Gasteiger partial charge in [0.25, 0.3) is 0 Å². The predicted molar refractivity (Wildman–Crippen MR) is 124 cm³/mol. The van der Waals surface area contributed by atoms with E-state index in [0.717, 1.165) is 64.9 Å². The minimum Gasteiger partial charge on any atom is -0.379 e. The van der Waals surface area contributed by atoms with Crippen LogP contribution in [0.4, 0.5) is 0 Å². The van der Waals surface area contributed by atoms with Crippen molar-refractivity contribution in [2.75, 3.05) is 73.1 Å². The zero-order valence-electron chi connectivity index (χ0n) is 17.7. The number of morpholine rings is 1. The van der Waals surface area contributed by atoms with Crippen molar-refractivity contribution in [1.82, 2.24) is 29.8 Å². The summed E-state index contributed by atoms with van der Waals surface area (Å²) in [5.74, 6) is 1.29. The quantitative estimate of drug-likeness (QED) is 0.329. The Bertz CT molecular complexity index is 673. The summed E-state index contributed by atoms with van der Waals surface area (Å²) in [7, 11) is 5.47. The van der Waals surface area contributed by atoms with Gasteiger partial charge in [-0.05, 0) is 12.0 Å². The first-order valence-electron chi connectivity index (χ1n) is 10.0. The van der Waals surface area contributed by atoms with E-state index in [2.05, 4.69) is 31.4 Å². The fourth-order valence-corrected chi connectivity index (χ4v) is 3.58. The molecule has 1 N–H and O–H groups in total. The molecule has 0 spiro atoms. The molecule has 0 bridgehead atoms. The number of likely N-dealkylation sites (N-methyl/N-ethyl adjacent to an activating group) is 1. The molecule has 1 aromatic rings. The summed E-state index contributed by atoms with van der Waals surface area (Å²) < 4.78 is 7.26. The molecular formula is C19H34IN7O2. The molecule has 1 aromatic heterocycles. The van der Waals surface area contributed by atoms with Crippen molar-refractivity contribution >= 4 is 35.8 Å². The number of nitrogens with one attached hydrogen (secondary N) is 1. The van der Waals surface area contributed by atoms with Gasteiger partial charge in [0.15, 0.2) is 5.96 Å². The van der Waals surface area contributed by atoms with E-state index in [4.69, 9.17) is 4.74 Å². The van der Waals surface area contributed by atoms with Crippen LogP contribution in [0.5, 0.6) is 0 Å². The van der Waals surface area contributed by atoms with E-state index >= 15 is 0 Å². The second kappa shape index (κ2) is 11.7. The summed E-state index contributed by atoms with van der Waals surface area (Å²) in [6.07, 6.45) is 5.11. The average molecular weight is 519 g/mol. The Hall–Kier alpha value is -1.40. The molecule has 9 nitrogen and oxygen atoms in total. The standard InChI is InChI=1S/C19H33N7O2.HI/c1-23(2)18(27)13-21-19(20-5-7-25-8-10-28-11-9-25)26-6-4-16(15-26)17-12-22-24(3)14-17;/h12,14,16H,4-11,13,15H2,1-3H3,(H,20,21);1H. The van der Waals surface area contributed by atoms with Crippen molar-refractivity contribution < 1.29 is 9.53 Å². The minimum absolute atomic E-state index is 0. The zero-order chi connectivity index (χ0) is 19.9. The maximum atomic E-state index is 12.0.